The van der Waals surface area contributed by atoms with E-state index in [0.717, 1.165) is 0 Å². The highest BCUT2D eigenvalue weighted by Gasteiger charge is 2.27. The molecule has 1 heterocycles. The molecule has 0 aliphatic carbocycles. The minimum atomic E-state index is -0.613. The number of hydrogen-bond donors (Lipinski definition) is 3. The van der Waals surface area contributed by atoms with E-state index in [4.69, 9.17) is 4.74 Å². The fraction of sp³-hybridized carbons (Fsp3) is 0.444. The number of ether oxygens (including phenoxy) is 1. The molecule has 0 bridgehead atoms. The summed E-state index contributed by atoms with van der Waals surface area (Å²) in [6, 6.07) is 2.68. The van der Waals surface area contributed by atoms with Crippen molar-refractivity contribution in [3.8, 4) is 17.2 Å². The van der Waals surface area contributed by atoms with Crippen LogP contribution in [0.15, 0.2) is 37.4 Å². The van der Waals surface area contributed by atoms with Gasteiger partial charge in [-0.1, -0.05) is 53.0 Å². The van der Waals surface area contributed by atoms with Crippen molar-refractivity contribution in [2.45, 2.75) is 53.2 Å². The molecule has 3 N–H and O–H groups in total. The fourth-order valence-electron chi connectivity index (χ4n) is 1.58. The van der Waals surface area contributed by atoms with Crippen molar-refractivity contribution >= 4 is 0 Å². The van der Waals surface area contributed by atoms with Crippen molar-refractivity contribution in [2.24, 2.45) is 0 Å². The predicted molar refractivity (Wildman–Crippen MR) is 92.7 cm³/mol. The number of hydrogen-bond acceptors (Lipinski definition) is 4. The highest BCUT2D eigenvalue weighted by Crippen LogP contribution is 2.37. The molecule has 126 valence electrons. The highest BCUT2D eigenvalue weighted by molar-refractivity contribution is 5.50. The van der Waals surface area contributed by atoms with Gasteiger partial charge in [-0.3, -0.25) is 0 Å². The quantitative estimate of drug-likeness (QED) is 0.680. The number of fused-ring (bicyclic) bond motifs is 1. The first-order valence-electron chi connectivity index (χ1n) is 7.62. The summed E-state index contributed by atoms with van der Waals surface area (Å²) in [4.78, 5) is 0. The normalized spacial score (nSPS) is 17.5. The molecule has 0 aromatic heterocycles. The van der Waals surface area contributed by atoms with Crippen molar-refractivity contribution in [3.63, 3.8) is 0 Å². The number of phenolic OH excluding ortho intramolecular Hbond substituents is 2. The minimum absolute atomic E-state index is 0.0362. The van der Waals surface area contributed by atoms with Crippen LogP contribution in [0, 0.1) is 0 Å². The molecular weight excluding hydrogens is 280 g/mol. The highest BCUT2D eigenvalue weighted by atomic mass is 16.5. The lowest BCUT2D eigenvalue weighted by atomic mass is 9.99. The van der Waals surface area contributed by atoms with E-state index in [0.29, 0.717) is 17.7 Å². The third-order valence-corrected chi connectivity index (χ3v) is 2.60. The van der Waals surface area contributed by atoms with Gasteiger partial charge in [0.05, 0.1) is 6.10 Å². The van der Waals surface area contributed by atoms with Crippen molar-refractivity contribution in [3.05, 3.63) is 43.0 Å². The molecule has 4 nitrogen and oxygen atoms in total. The van der Waals surface area contributed by atoms with Gasteiger partial charge in [-0.2, -0.15) is 0 Å². The summed E-state index contributed by atoms with van der Waals surface area (Å²) in [7, 11) is 0. The van der Waals surface area contributed by atoms with Gasteiger partial charge >= 0.3 is 0 Å². The molecule has 1 aliphatic heterocycles. The molecule has 0 saturated carbocycles. The van der Waals surface area contributed by atoms with Crippen LogP contribution in [-0.2, 0) is 6.42 Å². The first-order valence-corrected chi connectivity index (χ1v) is 7.62. The summed E-state index contributed by atoms with van der Waals surface area (Å²) in [6.07, 6.45) is 2.70. The Kier molecular flexibility index (Phi) is 13.0. The summed E-state index contributed by atoms with van der Waals surface area (Å²) >= 11 is 0. The molecule has 1 aromatic rings. The smallest absolute Gasteiger partial charge is 0.130 e. The van der Waals surface area contributed by atoms with Crippen LogP contribution in [-0.4, -0.2) is 27.5 Å². The van der Waals surface area contributed by atoms with Gasteiger partial charge in [0.2, 0.25) is 0 Å². The van der Waals surface area contributed by atoms with E-state index < -0.39 is 6.10 Å². The third kappa shape index (κ3) is 7.18. The standard InChI is InChI=1S/C10H12O4.C4H6.2C2H6/c1-5-8(12)4-7-9(13)2-6(11)3-10(7)14-5;1-3-4-2;2*1-2/h2-3,5,8,11-13H,4H2,1H3;3-4H,1-2H2;2*1-2H3. The summed E-state index contributed by atoms with van der Waals surface area (Å²) in [5.74, 6) is 0.371. The van der Waals surface area contributed by atoms with Gasteiger partial charge in [0.15, 0.2) is 0 Å². The Balaban J connectivity index is 0. The lowest BCUT2D eigenvalue weighted by Gasteiger charge is -2.28. The van der Waals surface area contributed by atoms with Crippen molar-refractivity contribution in [2.75, 3.05) is 0 Å². The summed E-state index contributed by atoms with van der Waals surface area (Å²) in [5.41, 5.74) is 0.549. The van der Waals surface area contributed by atoms with Gasteiger partial charge in [-0.05, 0) is 6.92 Å². The molecule has 2 unspecified atom stereocenters. The van der Waals surface area contributed by atoms with Crippen LogP contribution in [0.5, 0.6) is 17.2 Å². The summed E-state index contributed by atoms with van der Waals surface area (Å²) in [5, 5.41) is 28.2. The molecule has 22 heavy (non-hydrogen) atoms. The maximum atomic E-state index is 9.52. The zero-order valence-electron chi connectivity index (χ0n) is 14.3. The van der Waals surface area contributed by atoms with Gasteiger partial charge in [-0.25, -0.2) is 0 Å². The van der Waals surface area contributed by atoms with Gasteiger partial charge in [-0.15, -0.1) is 0 Å². The molecule has 1 aromatic carbocycles. The van der Waals surface area contributed by atoms with Gasteiger partial charge < -0.3 is 20.1 Å². The van der Waals surface area contributed by atoms with Gasteiger partial charge in [0, 0.05) is 24.1 Å². The SMILES string of the molecule is C=CC=C.CC.CC.CC1Oc2cc(O)cc(O)c2CC1O. The molecule has 0 fully saturated rings. The Morgan fingerprint density at radius 2 is 1.59 bits per heavy atom. The maximum absolute atomic E-state index is 9.52. The molecule has 0 amide bonds. The lowest BCUT2D eigenvalue weighted by Crippen LogP contribution is -2.34. The van der Waals surface area contributed by atoms with Crippen LogP contribution in [0.1, 0.15) is 40.2 Å². The summed E-state index contributed by atoms with van der Waals surface area (Å²) in [6.45, 7) is 16.5. The second-order valence-corrected chi connectivity index (χ2v) is 4.01. The number of aromatic hydroxyl groups is 2. The van der Waals surface area contributed by atoms with E-state index >= 15 is 0 Å². The van der Waals surface area contributed by atoms with Gasteiger partial charge in [0.25, 0.3) is 0 Å². The zero-order chi connectivity index (χ0) is 17.7. The second kappa shape index (κ2) is 12.8. The largest absolute Gasteiger partial charge is 0.508 e. The van der Waals surface area contributed by atoms with E-state index in [9.17, 15) is 15.3 Å². The Morgan fingerprint density at radius 3 is 2.05 bits per heavy atom. The van der Waals surface area contributed by atoms with Crippen LogP contribution in [0.3, 0.4) is 0 Å². The first kappa shape index (κ1) is 22.3. The molecule has 1 aliphatic rings. The number of aliphatic hydroxyl groups excluding tert-OH is 1. The van der Waals surface area contributed by atoms with Crippen molar-refractivity contribution in [1.82, 2.24) is 0 Å². The Morgan fingerprint density at radius 1 is 1.09 bits per heavy atom. The number of phenols is 2. The Bertz CT molecular complexity index is 435. The molecule has 2 rings (SSSR count). The van der Waals surface area contributed by atoms with Crippen molar-refractivity contribution < 1.29 is 20.1 Å². The topological polar surface area (TPSA) is 69.9 Å². The van der Waals surface area contributed by atoms with Crippen LogP contribution in [0.2, 0.25) is 0 Å². The van der Waals surface area contributed by atoms with Crippen LogP contribution in [0.25, 0.3) is 0 Å². The Hall–Kier alpha value is -1.94. The summed E-state index contributed by atoms with van der Waals surface area (Å²) < 4.78 is 5.34. The van der Waals surface area contributed by atoms with Gasteiger partial charge in [0.1, 0.15) is 23.4 Å². The average molecular weight is 310 g/mol. The lowest BCUT2D eigenvalue weighted by molar-refractivity contribution is 0.0318. The van der Waals surface area contributed by atoms with Crippen molar-refractivity contribution in [1.29, 1.82) is 0 Å². The first-order chi connectivity index (χ1) is 10.5. The molecule has 2 atom stereocenters. The predicted octanol–water partition coefficient (Wildman–Crippen LogP) is 4.19. The van der Waals surface area contributed by atoms with Crippen LogP contribution in [0.4, 0.5) is 0 Å². The maximum Gasteiger partial charge on any atom is 0.130 e. The fourth-order valence-corrected chi connectivity index (χ4v) is 1.58. The van der Waals surface area contributed by atoms with Crippen LogP contribution >= 0.6 is 0 Å². The Labute approximate surface area is 134 Å². The number of aliphatic hydroxyl groups is 1. The number of rotatable bonds is 1. The van der Waals surface area contributed by atoms with Crippen LogP contribution < -0.4 is 4.74 Å². The molecule has 4 heteroatoms. The van der Waals surface area contributed by atoms with E-state index in [-0.39, 0.29) is 17.6 Å². The third-order valence-electron chi connectivity index (χ3n) is 2.60. The molecular formula is C18H30O4. The average Bonchev–Trinajstić information content (AvgIpc) is 2.53. The zero-order valence-corrected chi connectivity index (χ0v) is 14.3. The molecule has 0 spiro atoms. The van der Waals surface area contributed by atoms with E-state index in [2.05, 4.69) is 13.2 Å². The van der Waals surface area contributed by atoms with E-state index in [1.165, 1.54) is 12.1 Å². The molecule has 0 saturated heterocycles. The number of benzene rings is 1. The molecule has 0 radical (unpaired) electrons. The monoisotopic (exact) mass is 310 g/mol. The minimum Gasteiger partial charge on any atom is -0.508 e. The van der Waals surface area contributed by atoms with E-state index in [1.807, 2.05) is 27.7 Å². The van der Waals surface area contributed by atoms with E-state index in [1.54, 1.807) is 19.1 Å². The second-order valence-electron chi connectivity index (χ2n) is 4.01. The number of allylic oxidation sites excluding steroid dienone is 2.